The zero-order valence-corrected chi connectivity index (χ0v) is 14.2. The van der Waals surface area contributed by atoms with Crippen molar-refractivity contribution in [3.05, 3.63) is 59.2 Å². The minimum Gasteiger partial charge on any atom is -0.497 e. The highest BCUT2D eigenvalue weighted by Crippen LogP contribution is 2.17. The lowest BCUT2D eigenvalue weighted by Gasteiger charge is -2.09. The van der Waals surface area contributed by atoms with Gasteiger partial charge in [0.15, 0.2) is 6.61 Å². The summed E-state index contributed by atoms with van der Waals surface area (Å²) in [6.07, 6.45) is 0.667. The second-order valence-electron chi connectivity index (χ2n) is 5.51. The Labute approximate surface area is 146 Å². The lowest BCUT2D eigenvalue weighted by atomic mass is 10.1. The maximum Gasteiger partial charge on any atom is 0.341 e. The molecule has 0 aliphatic carbocycles. The number of methoxy groups -OCH3 is 1. The molecule has 25 heavy (non-hydrogen) atoms. The Morgan fingerprint density at radius 2 is 1.76 bits per heavy atom. The predicted molar refractivity (Wildman–Crippen MR) is 93.3 cm³/mol. The molecule has 0 heterocycles. The zero-order valence-electron chi connectivity index (χ0n) is 14.2. The van der Waals surface area contributed by atoms with Crippen molar-refractivity contribution < 1.29 is 24.2 Å². The molecule has 0 saturated heterocycles. The lowest BCUT2D eigenvalue weighted by Crippen LogP contribution is -2.26. The van der Waals surface area contributed by atoms with E-state index < -0.39 is 5.97 Å². The first-order valence-corrected chi connectivity index (χ1v) is 7.86. The van der Waals surface area contributed by atoms with E-state index in [4.69, 9.17) is 14.6 Å². The molecule has 0 aliphatic heterocycles. The smallest absolute Gasteiger partial charge is 0.341 e. The topological polar surface area (TPSA) is 84.9 Å². The molecular weight excluding hydrogens is 322 g/mol. The van der Waals surface area contributed by atoms with Crippen molar-refractivity contribution in [2.24, 2.45) is 0 Å². The molecule has 0 aromatic heterocycles. The number of hydrogen-bond donors (Lipinski definition) is 2. The molecule has 0 radical (unpaired) electrons. The van der Waals surface area contributed by atoms with Gasteiger partial charge in [0.25, 0.3) is 5.91 Å². The molecule has 6 heteroatoms. The molecule has 1 amide bonds. The zero-order chi connectivity index (χ0) is 18.2. The van der Waals surface area contributed by atoms with Gasteiger partial charge in [0.05, 0.1) is 7.11 Å². The molecule has 2 aromatic carbocycles. The molecule has 0 unspecified atom stereocenters. The van der Waals surface area contributed by atoms with Crippen LogP contribution in [0.2, 0.25) is 0 Å². The summed E-state index contributed by atoms with van der Waals surface area (Å²) in [7, 11) is 1.59. The number of carbonyl (C=O) groups excluding carboxylic acids is 1. The molecule has 2 aromatic rings. The number of nitrogens with one attached hydrogen (secondary N) is 1. The van der Waals surface area contributed by atoms with Gasteiger partial charge in [-0.1, -0.05) is 12.1 Å². The quantitative estimate of drug-likeness (QED) is 0.769. The van der Waals surface area contributed by atoms with Gasteiger partial charge in [-0.25, -0.2) is 4.79 Å². The molecule has 0 aliphatic rings. The highest BCUT2D eigenvalue weighted by Gasteiger charge is 2.09. The molecule has 0 bridgehead atoms. The summed E-state index contributed by atoms with van der Waals surface area (Å²) in [5, 5.41) is 11.5. The average molecular weight is 343 g/mol. The molecular formula is C19H21NO5. The number of carboxylic acids is 1. The van der Waals surface area contributed by atoms with Crippen molar-refractivity contribution >= 4 is 11.9 Å². The van der Waals surface area contributed by atoms with Crippen LogP contribution in [0, 0.1) is 6.92 Å². The summed E-state index contributed by atoms with van der Waals surface area (Å²) in [6, 6.07) is 12.5. The molecule has 132 valence electrons. The van der Waals surface area contributed by atoms with Gasteiger partial charge in [-0.15, -0.1) is 0 Å². The van der Waals surface area contributed by atoms with Gasteiger partial charge in [-0.2, -0.15) is 0 Å². The van der Waals surface area contributed by atoms with Crippen LogP contribution in [0.15, 0.2) is 42.5 Å². The van der Waals surface area contributed by atoms with Crippen LogP contribution in [0.25, 0.3) is 0 Å². The van der Waals surface area contributed by atoms with Crippen LogP contribution in [0.5, 0.6) is 11.5 Å². The number of aryl methyl sites for hydroxylation is 1. The van der Waals surface area contributed by atoms with E-state index in [0.29, 0.717) is 24.3 Å². The first-order valence-electron chi connectivity index (χ1n) is 7.86. The van der Waals surface area contributed by atoms with E-state index in [9.17, 15) is 9.59 Å². The van der Waals surface area contributed by atoms with Crippen molar-refractivity contribution in [1.29, 1.82) is 0 Å². The third-order valence-corrected chi connectivity index (χ3v) is 3.66. The molecule has 0 saturated carbocycles. The normalized spacial score (nSPS) is 10.2. The number of ether oxygens (including phenoxy) is 2. The Hall–Kier alpha value is -3.02. The maximum absolute atomic E-state index is 12.2. The van der Waals surface area contributed by atoms with Crippen molar-refractivity contribution in [2.45, 2.75) is 13.3 Å². The van der Waals surface area contributed by atoms with E-state index in [2.05, 4.69) is 5.32 Å². The molecule has 0 atom stereocenters. The number of rotatable bonds is 8. The van der Waals surface area contributed by atoms with E-state index in [0.717, 1.165) is 16.9 Å². The first-order chi connectivity index (χ1) is 12.0. The van der Waals surface area contributed by atoms with Crippen LogP contribution in [0.3, 0.4) is 0 Å². The van der Waals surface area contributed by atoms with Crippen LogP contribution in [0.4, 0.5) is 0 Å². The standard InChI is InChI=1S/C19H21NO5/c1-13-11-16(24-2)7-8-17(13)19(23)20-10-9-14-3-5-15(6-4-14)25-12-18(21)22/h3-8,11H,9-10,12H2,1-2H3,(H,20,23)(H,21,22). The fourth-order valence-corrected chi connectivity index (χ4v) is 2.33. The van der Waals surface area contributed by atoms with Crippen LogP contribution < -0.4 is 14.8 Å². The number of carbonyl (C=O) groups is 2. The number of hydrogen-bond acceptors (Lipinski definition) is 4. The predicted octanol–water partition coefficient (Wildman–Crippen LogP) is 2.44. The number of amides is 1. The van der Waals surface area contributed by atoms with Crippen molar-refractivity contribution in [1.82, 2.24) is 5.32 Å². The summed E-state index contributed by atoms with van der Waals surface area (Å²) in [5.74, 6) is 0.0884. The molecule has 0 fully saturated rings. The third kappa shape index (κ3) is 5.53. The van der Waals surface area contributed by atoms with E-state index in [1.165, 1.54) is 0 Å². The molecule has 2 rings (SSSR count). The SMILES string of the molecule is COc1ccc(C(=O)NCCc2ccc(OCC(=O)O)cc2)c(C)c1. The van der Waals surface area contributed by atoms with Gasteiger partial charge < -0.3 is 19.9 Å². The highest BCUT2D eigenvalue weighted by molar-refractivity contribution is 5.95. The monoisotopic (exact) mass is 343 g/mol. The second-order valence-corrected chi connectivity index (χ2v) is 5.51. The average Bonchev–Trinajstić information content (AvgIpc) is 2.60. The van der Waals surface area contributed by atoms with Crippen molar-refractivity contribution in [3.8, 4) is 11.5 Å². The Balaban J connectivity index is 1.83. The number of benzene rings is 2. The van der Waals surface area contributed by atoms with Crippen LogP contribution in [0.1, 0.15) is 21.5 Å². The Morgan fingerprint density at radius 3 is 2.36 bits per heavy atom. The summed E-state index contributed by atoms with van der Waals surface area (Å²) in [5.41, 5.74) is 2.50. The van der Waals surface area contributed by atoms with E-state index >= 15 is 0 Å². The van der Waals surface area contributed by atoms with Gasteiger partial charge in [0, 0.05) is 12.1 Å². The fourth-order valence-electron chi connectivity index (χ4n) is 2.33. The fraction of sp³-hybridized carbons (Fsp3) is 0.263. The second kappa shape index (κ2) is 8.73. The summed E-state index contributed by atoms with van der Waals surface area (Å²) in [4.78, 5) is 22.7. The minimum absolute atomic E-state index is 0.124. The third-order valence-electron chi connectivity index (χ3n) is 3.66. The molecule has 6 nitrogen and oxygen atoms in total. The van der Waals surface area contributed by atoms with Crippen LogP contribution >= 0.6 is 0 Å². The Morgan fingerprint density at radius 1 is 1.08 bits per heavy atom. The van der Waals surface area contributed by atoms with E-state index in [-0.39, 0.29) is 12.5 Å². The summed E-state index contributed by atoms with van der Waals surface area (Å²) < 4.78 is 10.2. The minimum atomic E-state index is -1.01. The Kier molecular flexibility index (Phi) is 6.39. The molecule has 2 N–H and O–H groups in total. The van der Waals surface area contributed by atoms with Crippen LogP contribution in [-0.4, -0.2) is 37.2 Å². The van der Waals surface area contributed by atoms with E-state index in [1.54, 1.807) is 31.4 Å². The summed E-state index contributed by atoms with van der Waals surface area (Å²) in [6.45, 7) is 2.00. The maximum atomic E-state index is 12.2. The number of aliphatic carboxylic acids is 1. The van der Waals surface area contributed by atoms with Crippen molar-refractivity contribution in [3.63, 3.8) is 0 Å². The largest absolute Gasteiger partial charge is 0.497 e. The lowest BCUT2D eigenvalue weighted by molar-refractivity contribution is -0.139. The van der Waals surface area contributed by atoms with E-state index in [1.807, 2.05) is 25.1 Å². The number of carboxylic acid groups (broad SMARTS) is 1. The highest BCUT2D eigenvalue weighted by atomic mass is 16.5. The molecule has 0 spiro atoms. The van der Waals surface area contributed by atoms with Gasteiger partial charge in [0.2, 0.25) is 0 Å². The van der Waals surface area contributed by atoms with Gasteiger partial charge in [-0.05, 0) is 54.8 Å². The summed E-state index contributed by atoms with van der Waals surface area (Å²) >= 11 is 0. The van der Waals surface area contributed by atoms with Crippen LogP contribution in [-0.2, 0) is 11.2 Å². The first kappa shape index (κ1) is 18.3. The van der Waals surface area contributed by atoms with Gasteiger partial charge >= 0.3 is 5.97 Å². The van der Waals surface area contributed by atoms with Gasteiger partial charge in [0.1, 0.15) is 11.5 Å². The van der Waals surface area contributed by atoms with Gasteiger partial charge in [-0.3, -0.25) is 4.79 Å². The van der Waals surface area contributed by atoms with Crippen molar-refractivity contribution in [2.75, 3.05) is 20.3 Å². The Bertz CT molecular complexity index is 740.